The lowest BCUT2D eigenvalue weighted by molar-refractivity contribution is 0.0735. The molecule has 6 heteroatoms. The molecule has 0 bridgehead atoms. The predicted octanol–water partition coefficient (Wildman–Crippen LogP) is 2.32. The van der Waals surface area contributed by atoms with Gasteiger partial charge in [-0.25, -0.2) is 4.79 Å². The molecule has 0 aliphatic carbocycles. The molecule has 0 saturated carbocycles. The minimum absolute atomic E-state index is 0.127. The third-order valence-corrected chi connectivity index (χ3v) is 3.16. The summed E-state index contributed by atoms with van der Waals surface area (Å²) in [5.74, 6) is -0.136. The second-order valence-corrected chi connectivity index (χ2v) is 5.04. The van der Waals surface area contributed by atoms with E-state index in [0.29, 0.717) is 22.0 Å². The number of rotatable bonds is 6. The van der Waals surface area contributed by atoms with Gasteiger partial charge < -0.3 is 20.3 Å². The first-order valence-electron chi connectivity index (χ1n) is 6.69. The number of hydrogen-bond acceptors (Lipinski definition) is 5. The van der Waals surface area contributed by atoms with Gasteiger partial charge in [0.15, 0.2) is 0 Å². The van der Waals surface area contributed by atoms with E-state index in [4.69, 9.17) is 21.4 Å². The van der Waals surface area contributed by atoms with Crippen LogP contribution in [0.25, 0.3) is 0 Å². The number of carbonyl (C=O) groups is 1. The van der Waals surface area contributed by atoms with Gasteiger partial charge in [-0.1, -0.05) is 23.7 Å². The maximum absolute atomic E-state index is 12.2. The molecular weight excluding hydrogens is 306 g/mol. The number of benzene rings is 2. The number of halogens is 1. The lowest BCUT2D eigenvalue weighted by Gasteiger charge is -2.13. The van der Waals surface area contributed by atoms with Gasteiger partial charge in [0.2, 0.25) is 0 Å². The molecule has 2 rings (SSSR count). The highest BCUT2D eigenvalue weighted by molar-refractivity contribution is 6.30. The highest BCUT2D eigenvalue weighted by Crippen LogP contribution is 2.20. The van der Waals surface area contributed by atoms with Gasteiger partial charge in [0.25, 0.3) is 0 Å². The molecule has 5 nitrogen and oxygen atoms in total. The molecule has 0 heterocycles. The van der Waals surface area contributed by atoms with Crippen LogP contribution in [0.15, 0.2) is 48.5 Å². The van der Waals surface area contributed by atoms with Gasteiger partial charge in [-0.2, -0.15) is 0 Å². The second kappa shape index (κ2) is 7.79. The molecule has 0 aliphatic rings. The van der Waals surface area contributed by atoms with E-state index in [1.807, 2.05) is 0 Å². The average Bonchev–Trinajstić information content (AvgIpc) is 2.55. The first kappa shape index (κ1) is 16.3. The third-order valence-electron chi connectivity index (χ3n) is 2.91. The van der Waals surface area contributed by atoms with Gasteiger partial charge in [0, 0.05) is 17.3 Å². The zero-order valence-corrected chi connectivity index (χ0v) is 12.5. The maximum atomic E-state index is 12.2. The fraction of sp³-hybridized carbons (Fsp3) is 0.188. The molecule has 2 aromatic carbocycles. The highest BCUT2D eigenvalue weighted by Gasteiger charge is 2.14. The van der Waals surface area contributed by atoms with Crippen LogP contribution in [-0.4, -0.2) is 35.4 Å². The van der Waals surface area contributed by atoms with Crippen LogP contribution in [0.3, 0.4) is 0 Å². The standard InChI is InChI=1S/C16H16ClNO4/c17-11-5-7-13(8-6-11)22-16(21)14-3-1-2-4-15(14)18-9-12(20)10-19/h1-8,12,18-20H,9-10H2. The summed E-state index contributed by atoms with van der Waals surface area (Å²) in [5.41, 5.74) is 0.858. The monoisotopic (exact) mass is 321 g/mol. The summed E-state index contributed by atoms with van der Waals surface area (Å²) in [6.45, 7) is -0.230. The molecule has 0 spiro atoms. The van der Waals surface area contributed by atoms with E-state index in [2.05, 4.69) is 5.32 Å². The van der Waals surface area contributed by atoms with Crippen molar-refractivity contribution in [2.45, 2.75) is 6.10 Å². The van der Waals surface area contributed by atoms with Crippen molar-refractivity contribution in [3.63, 3.8) is 0 Å². The number of esters is 1. The Kier molecular flexibility index (Phi) is 5.77. The molecule has 1 atom stereocenters. The Balaban J connectivity index is 2.10. The molecule has 0 saturated heterocycles. The van der Waals surface area contributed by atoms with Crippen molar-refractivity contribution >= 4 is 23.3 Å². The van der Waals surface area contributed by atoms with Crippen molar-refractivity contribution in [3.8, 4) is 5.75 Å². The summed E-state index contributed by atoms with van der Waals surface area (Å²) >= 11 is 5.78. The Morgan fingerprint density at radius 3 is 2.55 bits per heavy atom. The molecule has 3 N–H and O–H groups in total. The Morgan fingerprint density at radius 1 is 1.18 bits per heavy atom. The lowest BCUT2D eigenvalue weighted by Crippen LogP contribution is -2.24. The molecule has 0 aromatic heterocycles. The van der Waals surface area contributed by atoms with Gasteiger partial charge in [-0.3, -0.25) is 0 Å². The number of nitrogens with one attached hydrogen (secondary N) is 1. The number of hydrogen-bond donors (Lipinski definition) is 3. The van der Waals surface area contributed by atoms with Gasteiger partial charge in [-0.15, -0.1) is 0 Å². The van der Waals surface area contributed by atoms with E-state index in [0.717, 1.165) is 0 Å². The van der Waals surface area contributed by atoms with E-state index >= 15 is 0 Å². The summed E-state index contributed by atoms with van der Waals surface area (Å²) in [4.78, 5) is 12.2. The quantitative estimate of drug-likeness (QED) is 0.562. The number of para-hydroxylation sites is 1. The first-order valence-corrected chi connectivity index (χ1v) is 7.07. The van der Waals surface area contributed by atoms with E-state index in [1.165, 1.54) is 0 Å². The fourth-order valence-electron chi connectivity index (χ4n) is 1.77. The minimum Gasteiger partial charge on any atom is -0.423 e. The van der Waals surface area contributed by atoms with Crippen LogP contribution in [0.5, 0.6) is 5.75 Å². The Morgan fingerprint density at radius 2 is 1.86 bits per heavy atom. The fourth-order valence-corrected chi connectivity index (χ4v) is 1.90. The van der Waals surface area contributed by atoms with Crippen LogP contribution < -0.4 is 10.1 Å². The van der Waals surface area contributed by atoms with E-state index in [9.17, 15) is 9.90 Å². The minimum atomic E-state index is -0.902. The summed E-state index contributed by atoms with van der Waals surface area (Å²) < 4.78 is 5.28. The largest absolute Gasteiger partial charge is 0.423 e. The molecular formula is C16H16ClNO4. The van der Waals surface area contributed by atoms with Crippen molar-refractivity contribution in [2.24, 2.45) is 0 Å². The van der Waals surface area contributed by atoms with E-state index in [-0.39, 0.29) is 13.2 Å². The first-order chi connectivity index (χ1) is 10.6. The molecule has 22 heavy (non-hydrogen) atoms. The van der Waals surface area contributed by atoms with Crippen molar-refractivity contribution in [1.29, 1.82) is 0 Å². The molecule has 0 radical (unpaired) electrons. The number of aliphatic hydroxyl groups excluding tert-OH is 2. The summed E-state index contributed by atoms with van der Waals surface area (Å²) in [7, 11) is 0. The van der Waals surface area contributed by atoms with Gasteiger partial charge in [0.05, 0.1) is 18.3 Å². The molecule has 0 aliphatic heterocycles. The summed E-state index contributed by atoms with van der Waals surface area (Å²) in [5, 5.41) is 21.6. The van der Waals surface area contributed by atoms with Crippen molar-refractivity contribution < 1.29 is 19.7 Å². The van der Waals surface area contributed by atoms with Gasteiger partial charge >= 0.3 is 5.97 Å². The highest BCUT2D eigenvalue weighted by atomic mass is 35.5. The molecule has 1 unspecified atom stereocenters. The zero-order valence-electron chi connectivity index (χ0n) is 11.7. The maximum Gasteiger partial charge on any atom is 0.345 e. The van der Waals surface area contributed by atoms with E-state index < -0.39 is 12.1 Å². The van der Waals surface area contributed by atoms with Crippen molar-refractivity contribution in [2.75, 3.05) is 18.5 Å². The number of aliphatic hydroxyl groups is 2. The molecule has 2 aromatic rings. The van der Waals surface area contributed by atoms with Crippen LogP contribution in [0.4, 0.5) is 5.69 Å². The Hall–Kier alpha value is -2.08. The van der Waals surface area contributed by atoms with E-state index in [1.54, 1.807) is 48.5 Å². The molecule has 0 fully saturated rings. The Labute approximate surface area is 133 Å². The normalized spacial score (nSPS) is 11.8. The van der Waals surface area contributed by atoms with Crippen LogP contribution in [0.2, 0.25) is 5.02 Å². The molecule has 116 valence electrons. The number of carbonyl (C=O) groups excluding carboxylic acids is 1. The van der Waals surface area contributed by atoms with Crippen LogP contribution in [0, 0.1) is 0 Å². The zero-order chi connectivity index (χ0) is 15.9. The molecule has 0 amide bonds. The van der Waals surface area contributed by atoms with Gasteiger partial charge in [-0.05, 0) is 36.4 Å². The van der Waals surface area contributed by atoms with Crippen molar-refractivity contribution in [3.05, 3.63) is 59.1 Å². The SMILES string of the molecule is O=C(Oc1ccc(Cl)cc1)c1ccccc1NCC(O)CO. The summed E-state index contributed by atoms with van der Waals surface area (Å²) in [6.07, 6.45) is -0.902. The average molecular weight is 322 g/mol. The van der Waals surface area contributed by atoms with Crippen LogP contribution in [0.1, 0.15) is 10.4 Å². The number of anilines is 1. The van der Waals surface area contributed by atoms with Crippen molar-refractivity contribution in [1.82, 2.24) is 0 Å². The third kappa shape index (κ3) is 4.46. The second-order valence-electron chi connectivity index (χ2n) is 4.61. The topological polar surface area (TPSA) is 78.8 Å². The predicted molar refractivity (Wildman–Crippen MR) is 84.4 cm³/mol. The number of ether oxygens (including phenoxy) is 1. The lowest BCUT2D eigenvalue weighted by atomic mass is 10.1. The Bertz CT molecular complexity index is 630. The smallest absolute Gasteiger partial charge is 0.345 e. The van der Waals surface area contributed by atoms with Gasteiger partial charge in [0.1, 0.15) is 5.75 Å². The summed E-state index contributed by atoms with van der Waals surface area (Å²) in [6, 6.07) is 13.3. The van der Waals surface area contributed by atoms with Crippen LogP contribution in [-0.2, 0) is 0 Å². The van der Waals surface area contributed by atoms with Crippen LogP contribution >= 0.6 is 11.6 Å².